The summed E-state index contributed by atoms with van der Waals surface area (Å²) in [4.78, 5) is 16.6. The molecule has 0 aromatic carbocycles. The topological polar surface area (TPSA) is 48.4 Å². The SMILES string of the molecule is CC(=O)c1nc(C)c(CCO[C@@H]2CCCCO2)s1. The molecule has 1 saturated heterocycles. The zero-order valence-corrected chi connectivity index (χ0v) is 11.7. The zero-order chi connectivity index (χ0) is 13.0. The van der Waals surface area contributed by atoms with Gasteiger partial charge in [-0.15, -0.1) is 11.3 Å². The van der Waals surface area contributed by atoms with Crippen molar-refractivity contribution in [1.29, 1.82) is 0 Å². The molecule has 2 heterocycles. The first-order valence-electron chi connectivity index (χ1n) is 6.37. The van der Waals surface area contributed by atoms with Gasteiger partial charge in [-0.25, -0.2) is 4.98 Å². The van der Waals surface area contributed by atoms with E-state index >= 15 is 0 Å². The van der Waals surface area contributed by atoms with Gasteiger partial charge in [0.25, 0.3) is 0 Å². The summed E-state index contributed by atoms with van der Waals surface area (Å²) in [6.45, 7) is 4.92. The van der Waals surface area contributed by atoms with Crippen LogP contribution in [0.15, 0.2) is 0 Å². The summed E-state index contributed by atoms with van der Waals surface area (Å²) in [6.07, 6.45) is 4.06. The maximum atomic E-state index is 11.2. The summed E-state index contributed by atoms with van der Waals surface area (Å²) in [5.74, 6) is 0.0332. The lowest BCUT2D eigenvalue weighted by molar-refractivity contribution is -0.161. The van der Waals surface area contributed by atoms with Gasteiger partial charge in [0.15, 0.2) is 17.1 Å². The standard InChI is InChI=1S/C13H19NO3S/c1-9-11(18-13(14-9)10(2)15)6-8-17-12-5-3-4-7-16-12/h12H,3-8H2,1-2H3/t12-/m1/s1. The van der Waals surface area contributed by atoms with Crippen molar-refractivity contribution in [2.75, 3.05) is 13.2 Å². The van der Waals surface area contributed by atoms with E-state index in [1.807, 2.05) is 6.92 Å². The van der Waals surface area contributed by atoms with E-state index in [4.69, 9.17) is 9.47 Å². The molecule has 0 amide bonds. The molecule has 5 heteroatoms. The van der Waals surface area contributed by atoms with Gasteiger partial charge < -0.3 is 9.47 Å². The number of nitrogens with zero attached hydrogens (tertiary/aromatic N) is 1. The first-order chi connectivity index (χ1) is 8.66. The quantitative estimate of drug-likeness (QED) is 0.771. The maximum Gasteiger partial charge on any atom is 0.188 e. The number of Topliss-reactive ketones (excluding diaryl/α,β-unsaturated/α-hetero) is 1. The van der Waals surface area contributed by atoms with Gasteiger partial charge in [-0.2, -0.15) is 0 Å². The van der Waals surface area contributed by atoms with Gasteiger partial charge in [0.2, 0.25) is 0 Å². The van der Waals surface area contributed by atoms with Crippen LogP contribution in [0.2, 0.25) is 0 Å². The van der Waals surface area contributed by atoms with Crippen LogP contribution in [0.4, 0.5) is 0 Å². The molecule has 1 aliphatic heterocycles. The van der Waals surface area contributed by atoms with Crippen LogP contribution >= 0.6 is 11.3 Å². The predicted octanol–water partition coefficient (Wildman–Crippen LogP) is 2.74. The number of carbonyl (C=O) groups excluding carboxylic acids is 1. The number of aromatic nitrogens is 1. The molecule has 1 aromatic heterocycles. The fourth-order valence-electron chi connectivity index (χ4n) is 1.94. The molecule has 0 unspecified atom stereocenters. The third kappa shape index (κ3) is 3.60. The highest BCUT2D eigenvalue weighted by Crippen LogP contribution is 2.20. The zero-order valence-electron chi connectivity index (χ0n) is 10.9. The monoisotopic (exact) mass is 269 g/mol. The minimum absolute atomic E-state index is 0.0332. The predicted molar refractivity (Wildman–Crippen MR) is 70.1 cm³/mol. The van der Waals surface area contributed by atoms with E-state index in [9.17, 15) is 4.79 Å². The molecule has 0 saturated carbocycles. The van der Waals surface area contributed by atoms with Crippen LogP contribution in [-0.4, -0.2) is 30.3 Å². The number of ether oxygens (including phenoxy) is 2. The Hall–Kier alpha value is -0.780. The Morgan fingerprint density at radius 3 is 3.00 bits per heavy atom. The second-order valence-electron chi connectivity index (χ2n) is 4.50. The van der Waals surface area contributed by atoms with Gasteiger partial charge in [0, 0.05) is 24.8 Å². The summed E-state index contributed by atoms with van der Waals surface area (Å²) in [6, 6.07) is 0. The van der Waals surface area contributed by atoms with Crippen molar-refractivity contribution in [2.45, 2.75) is 45.8 Å². The molecule has 1 aliphatic rings. The Morgan fingerprint density at radius 1 is 1.56 bits per heavy atom. The molecular weight excluding hydrogens is 250 g/mol. The van der Waals surface area contributed by atoms with Gasteiger partial charge >= 0.3 is 0 Å². The summed E-state index contributed by atoms with van der Waals surface area (Å²) < 4.78 is 11.2. The van der Waals surface area contributed by atoms with Crippen molar-refractivity contribution >= 4 is 17.1 Å². The Morgan fingerprint density at radius 2 is 2.39 bits per heavy atom. The number of hydrogen-bond acceptors (Lipinski definition) is 5. The van der Waals surface area contributed by atoms with Crippen molar-refractivity contribution in [3.63, 3.8) is 0 Å². The van der Waals surface area contributed by atoms with Gasteiger partial charge in [-0.05, 0) is 26.2 Å². The molecule has 0 spiro atoms. The number of aryl methyl sites for hydroxylation is 1. The average molecular weight is 269 g/mol. The van der Waals surface area contributed by atoms with Crippen molar-refractivity contribution < 1.29 is 14.3 Å². The second kappa shape index (κ2) is 6.41. The summed E-state index contributed by atoms with van der Waals surface area (Å²) >= 11 is 1.47. The second-order valence-corrected chi connectivity index (χ2v) is 5.58. The normalized spacial score (nSPS) is 20.0. The van der Waals surface area contributed by atoms with Gasteiger partial charge in [0.05, 0.1) is 12.3 Å². The number of carbonyl (C=O) groups is 1. The van der Waals surface area contributed by atoms with Crippen LogP contribution in [0.1, 0.15) is 46.6 Å². The molecule has 1 fully saturated rings. The van der Waals surface area contributed by atoms with Crippen molar-refractivity contribution in [3.05, 3.63) is 15.6 Å². The van der Waals surface area contributed by atoms with Crippen LogP contribution < -0.4 is 0 Å². The lowest BCUT2D eigenvalue weighted by atomic mass is 10.2. The maximum absolute atomic E-state index is 11.2. The van der Waals surface area contributed by atoms with E-state index in [2.05, 4.69) is 4.98 Å². The molecule has 0 bridgehead atoms. The Labute approximate surface area is 111 Å². The Kier molecular flexibility index (Phi) is 4.86. The van der Waals surface area contributed by atoms with E-state index in [0.717, 1.165) is 36.4 Å². The molecule has 0 aliphatic carbocycles. The number of ketones is 1. The first kappa shape index (κ1) is 13.6. The molecule has 100 valence electrons. The fourth-order valence-corrected chi connectivity index (χ4v) is 2.87. The van der Waals surface area contributed by atoms with Crippen molar-refractivity contribution in [3.8, 4) is 0 Å². The average Bonchev–Trinajstić information content (AvgIpc) is 2.73. The van der Waals surface area contributed by atoms with E-state index in [-0.39, 0.29) is 12.1 Å². The minimum atomic E-state index is -0.0424. The third-order valence-electron chi connectivity index (χ3n) is 2.96. The van der Waals surface area contributed by atoms with Crippen LogP contribution in [0, 0.1) is 6.92 Å². The smallest absolute Gasteiger partial charge is 0.188 e. The Balaban J connectivity index is 1.80. The van der Waals surface area contributed by atoms with Crippen LogP contribution in [-0.2, 0) is 15.9 Å². The number of hydrogen-bond donors (Lipinski definition) is 0. The molecule has 1 atom stereocenters. The summed E-state index contributed by atoms with van der Waals surface area (Å²) in [5, 5.41) is 0.594. The van der Waals surface area contributed by atoms with Crippen molar-refractivity contribution in [1.82, 2.24) is 4.98 Å². The van der Waals surface area contributed by atoms with Crippen molar-refractivity contribution in [2.24, 2.45) is 0 Å². The van der Waals surface area contributed by atoms with Gasteiger partial charge in [-0.1, -0.05) is 0 Å². The van der Waals surface area contributed by atoms with Crippen LogP contribution in [0.25, 0.3) is 0 Å². The lowest BCUT2D eigenvalue weighted by Crippen LogP contribution is -2.23. The van der Waals surface area contributed by atoms with E-state index in [1.54, 1.807) is 6.92 Å². The molecule has 0 N–H and O–H groups in total. The molecule has 18 heavy (non-hydrogen) atoms. The van der Waals surface area contributed by atoms with Crippen LogP contribution in [0.3, 0.4) is 0 Å². The fraction of sp³-hybridized carbons (Fsp3) is 0.692. The molecule has 4 nitrogen and oxygen atoms in total. The van der Waals surface area contributed by atoms with E-state index in [1.165, 1.54) is 17.8 Å². The summed E-state index contributed by atoms with van der Waals surface area (Å²) in [5.41, 5.74) is 0.943. The highest BCUT2D eigenvalue weighted by Gasteiger charge is 2.15. The number of rotatable bonds is 5. The van der Waals surface area contributed by atoms with Gasteiger partial charge in [0.1, 0.15) is 0 Å². The van der Waals surface area contributed by atoms with Gasteiger partial charge in [-0.3, -0.25) is 4.79 Å². The number of thiazole rings is 1. The molecule has 2 rings (SSSR count). The first-order valence-corrected chi connectivity index (χ1v) is 7.19. The van der Waals surface area contributed by atoms with E-state index < -0.39 is 0 Å². The summed E-state index contributed by atoms with van der Waals surface area (Å²) in [7, 11) is 0. The highest BCUT2D eigenvalue weighted by molar-refractivity contribution is 7.13. The highest BCUT2D eigenvalue weighted by atomic mass is 32.1. The molecular formula is C13H19NO3S. The van der Waals surface area contributed by atoms with E-state index in [0.29, 0.717) is 11.6 Å². The third-order valence-corrected chi connectivity index (χ3v) is 4.28. The largest absolute Gasteiger partial charge is 0.353 e. The molecule has 0 radical (unpaired) electrons. The van der Waals surface area contributed by atoms with Crippen LogP contribution in [0.5, 0.6) is 0 Å². The lowest BCUT2D eigenvalue weighted by Gasteiger charge is -2.22. The molecule has 1 aromatic rings. The minimum Gasteiger partial charge on any atom is -0.353 e. The Bertz CT molecular complexity index is 410.